The van der Waals surface area contributed by atoms with Gasteiger partial charge in [0.25, 0.3) is 0 Å². The molecule has 0 aromatic heterocycles. The molecule has 106 valence electrons. The van der Waals surface area contributed by atoms with Crippen molar-refractivity contribution in [3.05, 3.63) is 18.2 Å². The lowest BCUT2D eigenvalue weighted by Gasteiger charge is -2.24. The smallest absolute Gasteiger partial charge is 0.240 e. The van der Waals surface area contributed by atoms with Gasteiger partial charge in [-0.3, -0.25) is 0 Å². The Morgan fingerprint density at radius 3 is 2.63 bits per heavy atom. The molecule has 1 aliphatic heterocycles. The fraction of sp³-hybridized carbons (Fsp3) is 0.500. The molecule has 1 fully saturated rings. The fourth-order valence-electron chi connectivity index (χ4n) is 1.89. The molecule has 0 atom stereocenters. The van der Waals surface area contributed by atoms with E-state index in [4.69, 9.17) is 15.2 Å². The number of hydrogen-bond donors (Lipinski definition) is 2. The topological polar surface area (TPSA) is 90.7 Å². The first-order valence-corrected chi connectivity index (χ1v) is 7.59. The van der Waals surface area contributed by atoms with Crippen molar-refractivity contribution in [2.45, 2.75) is 23.8 Å². The maximum atomic E-state index is 11.6. The standard InChI is InChI=1S/C12H18N2O4S/c1-14-19(15,16)10-2-3-12(11(13)8-10)18-9-4-6-17-7-5-9/h2-3,8-9,14H,4-7,13H2,1H3. The van der Waals surface area contributed by atoms with E-state index in [0.717, 1.165) is 12.8 Å². The highest BCUT2D eigenvalue weighted by Crippen LogP contribution is 2.27. The summed E-state index contributed by atoms with van der Waals surface area (Å²) in [7, 11) is -2.12. The average Bonchev–Trinajstić information content (AvgIpc) is 2.42. The van der Waals surface area contributed by atoms with Crippen molar-refractivity contribution in [3.8, 4) is 5.75 Å². The Morgan fingerprint density at radius 2 is 2.05 bits per heavy atom. The molecule has 1 saturated heterocycles. The molecule has 7 heteroatoms. The minimum Gasteiger partial charge on any atom is -0.488 e. The highest BCUT2D eigenvalue weighted by molar-refractivity contribution is 7.89. The zero-order valence-corrected chi connectivity index (χ0v) is 11.6. The van der Waals surface area contributed by atoms with E-state index in [1.54, 1.807) is 6.07 Å². The van der Waals surface area contributed by atoms with E-state index in [0.29, 0.717) is 24.7 Å². The minimum atomic E-state index is -3.48. The van der Waals surface area contributed by atoms with Gasteiger partial charge in [-0.2, -0.15) is 0 Å². The van der Waals surface area contributed by atoms with E-state index in [1.807, 2.05) is 0 Å². The summed E-state index contributed by atoms with van der Waals surface area (Å²) in [5.74, 6) is 0.516. The van der Waals surface area contributed by atoms with Crippen molar-refractivity contribution < 1.29 is 17.9 Å². The van der Waals surface area contributed by atoms with Gasteiger partial charge in [0.2, 0.25) is 10.0 Å². The van der Waals surface area contributed by atoms with Crippen LogP contribution in [0.3, 0.4) is 0 Å². The summed E-state index contributed by atoms with van der Waals surface area (Å²) in [6.45, 7) is 1.35. The molecule has 1 aromatic rings. The number of ether oxygens (including phenoxy) is 2. The monoisotopic (exact) mass is 286 g/mol. The third kappa shape index (κ3) is 3.37. The van der Waals surface area contributed by atoms with Crippen LogP contribution < -0.4 is 15.2 Å². The highest BCUT2D eigenvalue weighted by atomic mass is 32.2. The summed E-state index contributed by atoms with van der Waals surface area (Å²) in [6.07, 6.45) is 1.70. The molecule has 1 aliphatic rings. The van der Waals surface area contributed by atoms with E-state index in [-0.39, 0.29) is 11.0 Å². The summed E-state index contributed by atoms with van der Waals surface area (Å²) in [4.78, 5) is 0.131. The molecular formula is C12H18N2O4S. The van der Waals surface area contributed by atoms with Gasteiger partial charge in [0.15, 0.2) is 0 Å². The van der Waals surface area contributed by atoms with Gasteiger partial charge in [-0.05, 0) is 25.2 Å². The normalized spacial score (nSPS) is 17.3. The Morgan fingerprint density at radius 1 is 1.37 bits per heavy atom. The number of hydrogen-bond acceptors (Lipinski definition) is 5. The van der Waals surface area contributed by atoms with Gasteiger partial charge < -0.3 is 15.2 Å². The first-order valence-electron chi connectivity index (χ1n) is 6.10. The van der Waals surface area contributed by atoms with Crippen molar-refractivity contribution in [3.63, 3.8) is 0 Å². The van der Waals surface area contributed by atoms with Crippen LogP contribution in [0.25, 0.3) is 0 Å². The summed E-state index contributed by atoms with van der Waals surface area (Å²) in [6, 6.07) is 4.48. The number of rotatable bonds is 4. The Hall–Kier alpha value is -1.31. The summed E-state index contributed by atoms with van der Waals surface area (Å²) in [5.41, 5.74) is 6.16. The van der Waals surface area contributed by atoms with E-state index < -0.39 is 10.0 Å². The average molecular weight is 286 g/mol. The molecule has 6 nitrogen and oxygen atoms in total. The summed E-state index contributed by atoms with van der Waals surface area (Å²) in [5, 5.41) is 0. The number of nitrogen functional groups attached to an aromatic ring is 1. The molecule has 0 bridgehead atoms. The maximum absolute atomic E-state index is 11.6. The van der Waals surface area contributed by atoms with Crippen LogP contribution >= 0.6 is 0 Å². The van der Waals surface area contributed by atoms with E-state index >= 15 is 0 Å². The minimum absolute atomic E-state index is 0.0720. The largest absolute Gasteiger partial charge is 0.488 e. The molecule has 0 saturated carbocycles. The van der Waals surface area contributed by atoms with Crippen molar-refractivity contribution in [1.29, 1.82) is 0 Å². The highest BCUT2D eigenvalue weighted by Gasteiger charge is 2.18. The van der Waals surface area contributed by atoms with E-state index in [1.165, 1.54) is 19.2 Å². The lowest BCUT2D eigenvalue weighted by atomic mass is 10.1. The molecule has 0 radical (unpaired) electrons. The van der Waals surface area contributed by atoms with Crippen LogP contribution in [0.5, 0.6) is 5.75 Å². The lowest BCUT2D eigenvalue weighted by Crippen LogP contribution is -2.26. The fourth-order valence-corrected chi connectivity index (χ4v) is 2.66. The Kier molecular flexibility index (Phi) is 4.28. The molecule has 2 rings (SSSR count). The first kappa shape index (κ1) is 14.1. The molecule has 0 spiro atoms. The molecule has 19 heavy (non-hydrogen) atoms. The maximum Gasteiger partial charge on any atom is 0.240 e. The first-order chi connectivity index (χ1) is 9.03. The van der Waals surface area contributed by atoms with Gasteiger partial charge in [0.1, 0.15) is 11.9 Å². The van der Waals surface area contributed by atoms with Crippen molar-refractivity contribution in [2.24, 2.45) is 0 Å². The predicted molar refractivity (Wildman–Crippen MR) is 71.6 cm³/mol. The number of nitrogens with two attached hydrogens (primary N) is 1. The second-order valence-corrected chi connectivity index (χ2v) is 6.22. The van der Waals surface area contributed by atoms with Crippen LogP contribution in [-0.4, -0.2) is 34.8 Å². The van der Waals surface area contributed by atoms with Crippen molar-refractivity contribution in [1.82, 2.24) is 4.72 Å². The Balaban J connectivity index is 2.15. The molecular weight excluding hydrogens is 268 g/mol. The molecule has 0 aliphatic carbocycles. The zero-order chi connectivity index (χ0) is 13.9. The van der Waals surface area contributed by atoms with Gasteiger partial charge >= 0.3 is 0 Å². The van der Waals surface area contributed by atoms with Gasteiger partial charge in [0, 0.05) is 12.8 Å². The molecule has 0 amide bonds. The number of benzene rings is 1. The van der Waals surface area contributed by atoms with Crippen molar-refractivity contribution >= 4 is 15.7 Å². The quantitative estimate of drug-likeness (QED) is 0.796. The van der Waals surface area contributed by atoms with Gasteiger partial charge in [-0.1, -0.05) is 0 Å². The van der Waals surface area contributed by atoms with Gasteiger partial charge in [-0.15, -0.1) is 0 Å². The third-order valence-corrected chi connectivity index (χ3v) is 4.43. The summed E-state index contributed by atoms with van der Waals surface area (Å²) < 4.78 is 36.5. The van der Waals surface area contributed by atoms with Crippen molar-refractivity contribution in [2.75, 3.05) is 26.0 Å². The molecule has 1 aromatic carbocycles. The van der Waals surface area contributed by atoms with Gasteiger partial charge in [-0.25, -0.2) is 13.1 Å². The predicted octanol–water partition coefficient (Wildman–Crippen LogP) is 0.735. The van der Waals surface area contributed by atoms with Crippen LogP contribution in [0.4, 0.5) is 5.69 Å². The number of nitrogens with one attached hydrogen (secondary N) is 1. The lowest BCUT2D eigenvalue weighted by molar-refractivity contribution is 0.0258. The van der Waals surface area contributed by atoms with E-state index in [9.17, 15) is 8.42 Å². The van der Waals surface area contributed by atoms with Crippen LogP contribution in [-0.2, 0) is 14.8 Å². The Labute approximate surface area is 112 Å². The van der Waals surface area contributed by atoms with Crippen LogP contribution in [0.15, 0.2) is 23.1 Å². The number of anilines is 1. The second kappa shape index (κ2) is 5.77. The summed E-state index contributed by atoms with van der Waals surface area (Å²) >= 11 is 0. The molecule has 0 unspecified atom stereocenters. The number of sulfonamides is 1. The van der Waals surface area contributed by atoms with Crippen LogP contribution in [0.1, 0.15) is 12.8 Å². The van der Waals surface area contributed by atoms with Crippen LogP contribution in [0.2, 0.25) is 0 Å². The molecule has 3 N–H and O–H groups in total. The third-order valence-electron chi connectivity index (χ3n) is 3.02. The SMILES string of the molecule is CNS(=O)(=O)c1ccc(OC2CCOCC2)c(N)c1. The second-order valence-electron chi connectivity index (χ2n) is 4.34. The van der Waals surface area contributed by atoms with Crippen LogP contribution in [0, 0.1) is 0 Å². The van der Waals surface area contributed by atoms with Gasteiger partial charge in [0.05, 0.1) is 23.8 Å². The zero-order valence-electron chi connectivity index (χ0n) is 10.8. The molecule has 1 heterocycles. The van der Waals surface area contributed by atoms with E-state index in [2.05, 4.69) is 4.72 Å². The Bertz CT molecular complexity index is 539.